The van der Waals surface area contributed by atoms with Crippen LogP contribution in [0.5, 0.6) is 5.75 Å². The van der Waals surface area contributed by atoms with Crippen molar-refractivity contribution in [1.82, 2.24) is 15.1 Å². The average Bonchev–Trinajstić information content (AvgIpc) is 3.17. The van der Waals surface area contributed by atoms with E-state index in [0.717, 1.165) is 42.1 Å². The summed E-state index contributed by atoms with van der Waals surface area (Å²) in [5.74, 6) is 0.950. The van der Waals surface area contributed by atoms with E-state index in [1.165, 1.54) is 5.56 Å². The number of aryl methyl sites for hydroxylation is 1. The molecular formula is C20H18ClN3O3. The van der Waals surface area contributed by atoms with Crippen LogP contribution in [0.25, 0.3) is 16.9 Å². The van der Waals surface area contributed by atoms with Gasteiger partial charge in [0, 0.05) is 23.3 Å². The fourth-order valence-electron chi connectivity index (χ4n) is 3.15. The first-order valence-electron chi connectivity index (χ1n) is 8.67. The van der Waals surface area contributed by atoms with Crippen molar-refractivity contribution in [2.45, 2.75) is 19.4 Å². The first-order valence-corrected chi connectivity index (χ1v) is 9.05. The number of fused-ring (bicyclic) bond motifs is 1. The molecule has 1 aliphatic rings. The van der Waals surface area contributed by atoms with Crippen LogP contribution >= 0.6 is 11.6 Å². The molecule has 2 N–H and O–H groups in total. The highest BCUT2D eigenvalue weighted by atomic mass is 35.5. The molecule has 0 radical (unpaired) electrons. The highest BCUT2D eigenvalue weighted by Crippen LogP contribution is 2.28. The van der Waals surface area contributed by atoms with Crippen LogP contribution in [0.1, 0.15) is 17.5 Å². The lowest BCUT2D eigenvalue weighted by atomic mass is 10.1. The molecule has 1 aromatic heterocycles. The molecule has 0 fully saturated rings. The van der Waals surface area contributed by atoms with Gasteiger partial charge in [-0.25, -0.2) is 9.48 Å². The Labute approximate surface area is 161 Å². The van der Waals surface area contributed by atoms with E-state index in [-0.39, 0.29) is 6.54 Å². The summed E-state index contributed by atoms with van der Waals surface area (Å²) in [5, 5.41) is 16.3. The van der Waals surface area contributed by atoms with E-state index >= 15 is 0 Å². The molecule has 6 nitrogen and oxygen atoms in total. The monoisotopic (exact) mass is 383 g/mol. The number of nitrogens with zero attached hydrogens (tertiary/aromatic N) is 2. The van der Waals surface area contributed by atoms with Crippen molar-refractivity contribution >= 4 is 17.7 Å². The Morgan fingerprint density at radius 2 is 2.15 bits per heavy atom. The number of rotatable bonds is 4. The van der Waals surface area contributed by atoms with Crippen molar-refractivity contribution in [1.29, 1.82) is 0 Å². The predicted octanol–water partition coefficient (Wildman–Crippen LogP) is 4.29. The SMILES string of the molecule is O=C(O)NCc1cc(-c2ccn(-c3ccc4c(c3)CCCO4)n2)ccc1Cl. The van der Waals surface area contributed by atoms with Gasteiger partial charge in [-0.05, 0) is 60.4 Å². The zero-order chi connectivity index (χ0) is 18.8. The van der Waals surface area contributed by atoms with E-state index in [4.69, 9.17) is 21.4 Å². The predicted molar refractivity (Wildman–Crippen MR) is 103 cm³/mol. The van der Waals surface area contributed by atoms with Gasteiger partial charge in [0.25, 0.3) is 0 Å². The number of ether oxygens (including phenoxy) is 1. The second kappa shape index (κ2) is 7.32. The molecule has 138 valence electrons. The largest absolute Gasteiger partial charge is 0.493 e. The standard InChI is InChI=1S/C20H18ClN3O3/c21-17-5-3-13(10-15(17)12-22-20(25)26)18-7-8-24(23-18)16-4-6-19-14(11-16)2-1-9-27-19/h3-8,10-11,22H,1-2,9,12H2,(H,25,26). The first-order chi connectivity index (χ1) is 13.1. The third kappa shape index (κ3) is 3.75. The summed E-state index contributed by atoms with van der Waals surface area (Å²) in [4.78, 5) is 10.7. The van der Waals surface area contributed by atoms with Crippen LogP contribution in [0.3, 0.4) is 0 Å². The lowest BCUT2D eigenvalue weighted by Crippen LogP contribution is -2.20. The van der Waals surface area contributed by atoms with Crippen LogP contribution in [0.4, 0.5) is 4.79 Å². The highest BCUT2D eigenvalue weighted by molar-refractivity contribution is 6.31. The summed E-state index contributed by atoms with van der Waals surface area (Å²) in [5.41, 5.74) is 4.55. The lowest BCUT2D eigenvalue weighted by molar-refractivity contribution is 0.194. The summed E-state index contributed by atoms with van der Waals surface area (Å²) >= 11 is 6.17. The summed E-state index contributed by atoms with van der Waals surface area (Å²) in [6.07, 6.45) is 2.86. The minimum absolute atomic E-state index is 0.146. The number of halogens is 1. The van der Waals surface area contributed by atoms with Gasteiger partial charge in [-0.1, -0.05) is 17.7 Å². The molecule has 7 heteroatoms. The second-order valence-corrected chi connectivity index (χ2v) is 6.76. The van der Waals surface area contributed by atoms with Crippen molar-refractivity contribution < 1.29 is 14.6 Å². The second-order valence-electron chi connectivity index (χ2n) is 6.35. The zero-order valence-electron chi connectivity index (χ0n) is 14.5. The van der Waals surface area contributed by atoms with Gasteiger partial charge in [0.15, 0.2) is 0 Å². The lowest BCUT2D eigenvalue weighted by Gasteiger charge is -2.17. The van der Waals surface area contributed by atoms with Gasteiger partial charge >= 0.3 is 6.09 Å². The Balaban J connectivity index is 1.61. The Morgan fingerprint density at radius 3 is 3.00 bits per heavy atom. The quantitative estimate of drug-likeness (QED) is 0.704. The zero-order valence-corrected chi connectivity index (χ0v) is 15.2. The maximum absolute atomic E-state index is 10.7. The Morgan fingerprint density at radius 1 is 1.26 bits per heavy atom. The minimum atomic E-state index is -1.09. The molecule has 0 saturated heterocycles. The number of nitrogens with one attached hydrogen (secondary N) is 1. The van der Waals surface area contributed by atoms with Crippen molar-refractivity contribution in [3.8, 4) is 22.7 Å². The molecule has 4 rings (SSSR count). The number of amides is 1. The maximum atomic E-state index is 10.7. The molecule has 27 heavy (non-hydrogen) atoms. The summed E-state index contributed by atoms with van der Waals surface area (Å²) in [7, 11) is 0. The summed E-state index contributed by atoms with van der Waals surface area (Å²) < 4.78 is 7.49. The highest BCUT2D eigenvalue weighted by Gasteiger charge is 2.13. The molecular weight excluding hydrogens is 366 g/mol. The topological polar surface area (TPSA) is 76.4 Å². The molecule has 2 heterocycles. The molecule has 1 aliphatic heterocycles. The van der Waals surface area contributed by atoms with Crippen LogP contribution in [0, 0.1) is 0 Å². The van der Waals surface area contributed by atoms with E-state index in [1.54, 1.807) is 6.07 Å². The van der Waals surface area contributed by atoms with Crippen LogP contribution < -0.4 is 10.1 Å². The van der Waals surface area contributed by atoms with E-state index < -0.39 is 6.09 Å². The number of hydrogen-bond acceptors (Lipinski definition) is 3. The van der Waals surface area contributed by atoms with Gasteiger partial charge in [-0.3, -0.25) is 0 Å². The van der Waals surface area contributed by atoms with Crippen molar-refractivity contribution in [3.05, 3.63) is 64.8 Å². The normalized spacial score (nSPS) is 12.9. The molecule has 3 aromatic rings. The van der Waals surface area contributed by atoms with E-state index in [0.29, 0.717) is 10.6 Å². The third-order valence-corrected chi connectivity index (χ3v) is 4.89. The van der Waals surface area contributed by atoms with Gasteiger partial charge in [0.1, 0.15) is 5.75 Å². The molecule has 1 amide bonds. The molecule has 2 aromatic carbocycles. The molecule has 0 unspecified atom stereocenters. The average molecular weight is 384 g/mol. The number of benzene rings is 2. The number of aromatic nitrogens is 2. The van der Waals surface area contributed by atoms with E-state index in [2.05, 4.69) is 16.5 Å². The molecule has 0 spiro atoms. The van der Waals surface area contributed by atoms with E-state index in [1.807, 2.05) is 41.2 Å². The van der Waals surface area contributed by atoms with Crippen molar-refractivity contribution in [3.63, 3.8) is 0 Å². The molecule has 0 aliphatic carbocycles. The minimum Gasteiger partial charge on any atom is -0.493 e. The van der Waals surface area contributed by atoms with Crippen molar-refractivity contribution in [2.24, 2.45) is 0 Å². The molecule has 0 bridgehead atoms. The Bertz CT molecular complexity index is 1000. The van der Waals surface area contributed by atoms with Crippen LogP contribution in [0.15, 0.2) is 48.7 Å². The smallest absolute Gasteiger partial charge is 0.404 e. The number of carboxylic acid groups (broad SMARTS) is 1. The number of hydrogen-bond donors (Lipinski definition) is 2. The Hall–Kier alpha value is -2.99. The van der Waals surface area contributed by atoms with Gasteiger partial charge in [-0.2, -0.15) is 5.10 Å². The summed E-state index contributed by atoms with van der Waals surface area (Å²) in [6.45, 7) is 0.918. The van der Waals surface area contributed by atoms with Crippen LogP contribution in [-0.4, -0.2) is 27.6 Å². The van der Waals surface area contributed by atoms with Crippen molar-refractivity contribution in [2.75, 3.05) is 6.61 Å². The Kier molecular flexibility index (Phi) is 4.73. The number of carbonyl (C=O) groups is 1. The maximum Gasteiger partial charge on any atom is 0.404 e. The summed E-state index contributed by atoms with van der Waals surface area (Å²) in [6, 6.07) is 13.5. The van der Waals surface area contributed by atoms with Gasteiger partial charge < -0.3 is 15.2 Å². The van der Waals surface area contributed by atoms with Gasteiger partial charge in [0.2, 0.25) is 0 Å². The fraction of sp³-hybridized carbons (Fsp3) is 0.200. The third-order valence-electron chi connectivity index (χ3n) is 4.52. The molecule has 0 atom stereocenters. The van der Waals surface area contributed by atoms with E-state index in [9.17, 15) is 4.79 Å². The fourth-order valence-corrected chi connectivity index (χ4v) is 3.34. The first kappa shape index (κ1) is 17.4. The van der Waals surface area contributed by atoms with Crippen LogP contribution in [-0.2, 0) is 13.0 Å². The van der Waals surface area contributed by atoms with Gasteiger partial charge in [-0.15, -0.1) is 0 Å². The molecule has 0 saturated carbocycles. The van der Waals surface area contributed by atoms with Gasteiger partial charge in [0.05, 0.1) is 18.0 Å². The van der Waals surface area contributed by atoms with Crippen LogP contribution in [0.2, 0.25) is 5.02 Å².